The highest BCUT2D eigenvalue weighted by Crippen LogP contribution is 1.92. The molecule has 0 bridgehead atoms. The zero-order valence-corrected chi connectivity index (χ0v) is 5.88. The molecule has 0 amide bonds. The highest BCUT2D eigenvalue weighted by molar-refractivity contribution is 4.81. The van der Waals surface area contributed by atoms with Gasteiger partial charge in [0.25, 0.3) is 0 Å². The van der Waals surface area contributed by atoms with E-state index in [2.05, 4.69) is 22.5 Å². The SMILES string of the molecule is C/C=C\N1CC[N]CC1. The van der Waals surface area contributed by atoms with Gasteiger partial charge in [0.05, 0.1) is 0 Å². The van der Waals surface area contributed by atoms with Crippen molar-refractivity contribution in [1.29, 1.82) is 0 Å². The summed E-state index contributed by atoms with van der Waals surface area (Å²) < 4.78 is 0. The highest BCUT2D eigenvalue weighted by Gasteiger charge is 2.03. The van der Waals surface area contributed by atoms with Crippen molar-refractivity contribution in [2.45, 2.75) is 6.92 Å². The van der Waals surface area contributed by atoms with Gasteiger partial charge in [-0.3, -0.25) is 0 Å². The average molecular weight is 125 g/mol. The Labute approximate surface area is 56.5 Å². The molecule has 1 rings (SSSR count). The van der Waals surface area contributed by atoms with Crippen molar-refractivity contribution in [2.75, 3.05) is 26.2 Å². The van der Waals surface area contributed by atoms with E-state index in [9.17, 15) is 0 Å². The standard InChI is InChI=1S/C7H13N2/c1-2-5-9-6-3-8-4-7-9/h2,5H,3-4,6-7H2,1H3/b5-2-. The summed E-state index contributed by atoms with van der Waals surface area (Å²) >= 11 is 0. The van der Waals surface area contributed by atoms with Crippen molar-refractivity contribution in [3.63, 3.8) is 0 Å². The maximum Gasteiger partial charge on any atom is 0.0314 e. The van der Waals surface area contributed by atoms with E-state index in [-0.39, 0.29) is 0 Å². The molecule has 1 aliphatic heterocycles. The second-order valence-corrected chi connectivity index (χ2v) is 2.19. The Morgan fingerprint density at radius 3 is 2.56 bits per heavy atom. The van der Waals surface area contributed by atoms with E-state index in [1.165, 1.54) is 0 Å². The lowest BCUT2D eigenvalue weighted by Gasteiger charge is -2.24. The van der Waals surface area contributed by atoms with Gasteiger partial charge < -0.3 is 4.90 Å². The number of rotatable bonds is 1. The number of hydrogen-bond acceptors (Lipinski definition) is 1. The van der Waals surface area contributed by atoms with Gasteiger partial charge in [-0.2, -0.15) is 0 Å². The van der Waals surface area contributed by atoms with Crippen LogP contribution >= 0.6 is 0 Å². The van der Waals surface area contributed by atoms with Crippen LogP contribution in [0.15, 0.2) is 12.3 Å². The van der Waals surface area contributed by atoms with E-state index in [0.717, 1.165) is 26.2 Å². The summed E-state index contributed by atoms with van der Waals surface area (Å²) in [5, 5.41) is 4.23. The van der Waals surface area contributed by atoms with Crippen LogP contribution < -0.4 is 5.32 Å². The molecule has 0 aromatic heterocycles. The van der Waals surface area contributed by atoms with Crippen LogP contribution in [0, 0.1) is 0 Å². The lowest BCUT2D eigenvalue weighted by atomic mass is 10.4. The maximum absolute atomic E-state index is 4.23. The number of nitrogens with zero attached hydrogens (tertiary/aromatic N) is 2. The molecule has 0 aromatic rings. The van der Waals surface area contributed by atoms with Crippen LogP contribution in [0.25, 0.3) is 0 Å². The molecule has 51 valence electrons. The third-order valence-corrected chi connectivity index (χ3v) is 1.45. The molecule has 2 nitrogen and oxygen atoms in total. The largest absolute Gasteiger partial charge is 0.375 e. The second kappa shape index (κ2) is 3.51. The zero-order chi connectivity index (χ0) is 6.53. The van der Waals surface area contributed by atoms with Crippen molar-refractivity contribution < 1.29 is 0 Å². The van der Waals surface area contributed by atoms with Gasteiger partial charge in [0, 0.05) is 26.2 Å². The Morgan fingerprint density at radius 2 is 2.00 bits per heavy atom. The Hall–Kier alpha value is -0.500. The highest BCUT2D eigenvalue weighted by atomic mass is 15.2. The zero-order valence-electron chi connectivity index (χ0n) is 5.88. The Kier molecular flexibility index (Phi) is 2.58. The van der Waals surface area contributed by atoms with Crippen LogP contribution in [-0.2, 0) is 0 Å². The van der Waals surface area contributed by atoms with Gasteiger partial charge in [-0.1, -0.05) is 6.08 Å². The predicted octanol–water partition coefficient (Wildman–Crippen LogP) is 0.440. The molecule has 0 N–H and O–H groups in total. The van der Waals surface area contributed by atoms with Crippen LogP contribution in [0.4, 0.5) is 0 Å². The quantitative estimate of drug-likeness (QED) is 0.497. The van der Waals surface area contributed by atoms with Crippen molar-refractivity contribution >= 4 is 0 Å². The molecule has 0 aromatic carbocycles. The van der Waals surface area contributed by atoms with Crippen molar-refractivity contribution in [1.82, 2.24) is 10.2 Å². The van der Waals surface area contributed by atoms with Crippen molar-refractivity contribution in [3.05, 3.63) is 12.3 Å². The summed E-state index contributed by atoms with van der Waals surface area (Å²) in [7, 11) is 0. The van der Waals surface area contributed by atoms with E-state index in [1.54, 1.807) is 0 Å². The fourth-order valence-corrected chi connectivity index (χ4v) is 0.982. The van der Waals surface area contributed by atoms with E-state index in [4.69, 9.17) is 0 Å². The molecule has 0 atom stereocenters. The average Bonchev–Trinajstić information content (AvgIpc) is 1.91. The van der Waals surface area contributed by atoms with E-state index in [1.807, 2.05) is 6.92 Å². The van der Waals surface area contributed by atoms with Crippen LogP contribution in [0.3, 0.4) is 0 Å². The first-order chi connectivity index (χ1) is 4.43. The molecule has 1 aliphatic rings. The predicted molar refractivity (Wildman–Crippen MR) is 38.3 cm³/mol. The number of allylic oxidation sites excluding steroid dienone is 1. The van der Waals surface area contributed by atoms with Gasteiger partial charge in [-0.25, -0.2) is 5.32 Å². The smallest absolute Gasteiger partial charge is 0.0314 e. The fraction of sp³-hybridized carbons (Fsp3) is 0.714. The van der Waals surface area contributed by atoms with Gasteiger partial charge in [0.1, 0.15) is 0 Å². The van der Waals surface area contributed by atoms with E-state index in [0.29, 0.717) is 0 Å². The molecule has 0 unspecified atom stereocenters. The van der Waals surface area contributed by atoms with E-state index >= 15 is 0 Å². The Morgan fingerprint density at radius 1 is 1.33 bits per heavy atom. The van der Waals surface area contributed by atoms with Crippen LogP contribution in [-0.4, -0.2) is 31.1 Å². The normalized spacial score (nSPS) is 21.2. The first kappa shape index (κ1) is 6.62. The molecular formula is C7H13N2. The molecule has 1 radical (unpaired) electrons. The molecular weight excluding hydrogens is 112 g/mol. The summed E-state index contributed by atoms with van der Waals surface area (Å²) in [6.07, 6.45) is 4.21. The second-order valence-electron chi connectivity index (χ2n) is 2.19. The summed E-state index contributed by atoms with van der Waals surface area (Å²) in [4.78, 5) is 2.30. The first-order valence-electron chi connectivity index (χ1n) is 3.43. The minimum Gasteiger partial charge on any atom is -0.375 e. The third-order valence-electron chi connectivity index (χ3n) is 1.45. The van der Waals surface area contributed by atoms with Gasteiger partial charge in [-0.05, 0) is 13.1 Å². The molecule has 1 fully saturated rings. The van der Waals surface area contributed by atoms with Crippen molar-refractivity contribution in [3.8, 4) is 0 Å². The maximum atomic E-state index is 4.23. The van der Waals surface area contributed by atoms with Crippen LogP contribution in [0.5, 0.6) is 0 Å². The summed E-state index contributed by atoms with van der Waals surface area (Å²) in [6.45, 7) is 6.26. The summed E-state index contributed by atoms with van der Waals surface area (Å²) in [5.74, 6) is 0. The number of hydrogen-bond donors (Lipinski definition) is 0. The van der Waals surface area contributed by atoms with Crippen LogP contribution in [0.2, 0.25) is 0 Å². The molecule has 0 spiro atoms. The molecule has 0 saturated carbocycles. The first-order valence-corrected chi connectivity index (χ1v) is 3.43. The molecule has 0 aliphatic carbocycles. The Bertz CT molecular complexity index is 93.1. The Balaban J connectivity index is 2.23. The molecule has 2 heteroatoms. The van der Waals surface area contributed by atoms with Gasteiger partial charge in [0.15, 0.2) is 0 Å². The summed E-state index contributed by atoms with van der Waals surface area (Å²) in [6, 6.07) is 0. The van der Waals surface area contributed by atoms with Gasteiger partial charge in [0.2, 0.25) is 0 Å². The molecule has 1 heterocycles. The van der Waals surface area contributed by atoms with Crippen molar-refractivity contribution in [2.24, 2.45) is 0 Å². The summed E-state index contributed by atoms with van der Waals surface area (Å²) in [5.41, 5.74) is 0. The van der Waals surface area contributed by atoms with Gasteiger partial charge >= 0.3 is 0 Å². The fourth-order valence-electron chi connectivity index (χ4n) is 0.982. The monoisotopic (exact) mass is 125 g/mol. The molecule has 1 saturated heterocycles. The molecule has 9 heavy (non-hydrogen) atoms. The van der Waals surface area contributed by atoms with Crippen LogP contribution in [0.1, 0.15) is 6.92 Å². The van der Waals surface area contributed by atoms with Gasteiger partial charge in [-0.15, -0.1) is 0 Å². The topological polar surface area (TPSA) is 17.3 Å². The van der Waals surface area contributed by atoms with E-state index < -0.39 is 0 Å². The third kappa shape index (κ3) is 2.06. The minimum absolute atomic E-state index is 1.00. The number of piperazine rings is 1. The minimum atomic E-state index is 1.00. The lowest BCUT2D eigenvalue weighted by molar-refractivity contribution is 0.320. The lowest BCUT2D eigenvalue weighted by Crippen LogP contribution is -2.36.